The monoisotopic (exact) mass is 416 g/mol. The third-order valence-corrected chi connectivity index (χ3v) is 6.54. The minimum absolute atomic E-state index is 0.438. The second-order valence-electron chi connectivity index (χ2n) is 7.62. The number of nitrogens with two attached hydrogens (primary N) is 1. The van der Waals surface area contributed by atoms with Gasteiger partial charge in [-0.2, -0.15) is 4.98 Å². The molecule has 4 aromatic rings. The quantitative estimate of drug-likeness (QED) is 0.517. The molecule has 1 aromatic carbocycles. The number of hydrogen-bond acceptors (Lipinski definition) is 6. The van der Waals surface area contributed by atoms with E-state index < -0.39 is 5.91 Å². The average Bonchev–Trinajstić information content (AvgIpc) is 3.12. The predicted octanol–water partition coefficient (Wildman–Crippen LogP) is 4.77. The first-order chi connectivity index (χ1) is 14.6. The molecule has 30 heavy (non-hydrogen) atoms. The molecule has 3 heterocycles. The molecule has 1 atom stereocenters. The maximum Gasteiger partial charge on any atom is 0.248 e. The van der Waals surface area contributed by atoms with Gasteiger partial charge in [0.2, 0.25) is 11.8 Å². The molecule has 5 rings (SSSR count). The largest absolute Gasteiger partial charge is 0.438 e. The van der Waals surface area contributed by atoms with Crippen LogP contribution in [0.3, 0.4) is 0 Å². The Labute approximate surface area is 177 Å². The third kappa shape index (κ3) is 3.41. The van der Waals surface area contributed by atoms with Gasteiger partial charge in [-0.25, -0.2) is 4.98 Å². The van der Waals surface area contributed by atoms with Crippen LogP contribution in [0, 0.1) is 5.92 Å². The zero-order valence-corrected chi connectivity index (χ0v) is 17.3. The number of primary amides is 1. The van der Waals surface area contributed by atoms with E-state index in [0.29, 0.717) is 28.9 Å². The van der Waals surface area contributed by atoms with Crippen LogP contribution >= 0.6 is 11.3 Å². The van der Waals surface area contributed by atoms with Gasteiger partial charge >= 0.3 is 0 Å². The summed E-state index contributed by atoms with van der Waals surface area (Å²) < 4.78 is 6.22. The maximum absolute atomic E-state index is 11.4. The Kier molecular flexibility index (Phi) is 4.67. The number of carbonyl (C=O) groups is 1. The number of carbonyl (C=O) groups excluding carboxylic acids is 1. The van der Waals surface area contributed by atoms with E-state index in [-0.39, 0.29) is 0 Å². The first-order valence-electron chi connectivity index (χ1n) is 9.89. The Morgan fingerprint density at radius 1 is 1.20 bits per heavy atom. The third-order valence-electron chi connectivity index (χ3n) is 5.39. The fraction of sp³-hybridized carbons (Fsp3) is 0.217. The highest BCUT2D eigenvalue weighted by molar-refractivity contribution is 7.18. The number of ether oxygens (including phenoxy) is 1. The summed E-state index contributed by atoms with van der Waals surface area (Å²) in [4.78, 5) is 27.5. The molecule has 1 aliphatic carbocycles. The van der Waals surface area contributed by atoms with Gasteiger partial charge in [0.05, 0.1) is 5.39 Å². The summed E-state index contributed by atoms with van der Waals surface area (Å²) in [7, 11) is 0. The van der Waals surface area contributed by atoms with Gasteiger partial charge in [0, 0.05) is 28.4 Å². The highest BCUT2D eigenvalue weighted by atomic mass is 32.1. The van der Waals surface area contributed by atoms with Crippen LogP contribution in [-0.2, 0) is 12.8 Å². The highest BCUT2D eigenvalue weighted by Crippen LogP contribution is 2.42. The van der Waals surface area contributed by atoms with Crippen LogP contribution in [-0.4, -0.2) is 20.9 Å². The Morgan fingerprint density at radius 3 is 2.77 bits per heavy atom. The van der Waals surface area contributed by atoms with Gasteiger partial charge in [-0.3, -0.25) is 9.78 Å². The summed E-state index contributed by atoms with van der Waals surface area (Å²) >= 11 is 1.73. The van der Waals surface area contributed by atoms with Crippen LogP contribution in [0.5, 0.6) is 11.6 Å². The van der Waals surface area contributed by atoms with E-state index in [2.05, 4.69) is 11.9 Å². The Balaban J connectivity index is 1.64. The number of rotatable bonds is 4. The molecule has 0 saturated heterocycles. The molecule has 0 aliphatic heterocycles. The number of aryl methyl sites for hydroxylation is 1. The first kappa shape index (κ1) is 18.7. The summed E-state index contributed by atoms with van der Waals surface area (Å²) in [5, 5.41) is 0.994. The molecule has 0 spiro atoms. The molecular weight excluding hydrogens is 396 g/mol. The lowest BCUT2D eigenvalue weighted by Gasteiger charge is -2.18. The molecule has 0 fully saturated rings. The lowest BCUT2D eigenvalue weighted by Crippen LogP contribution is -2.10. The predicted molar refractivity (Wildman–Crippen MR) is 117 cm³/mol. The Bertz CT molecular complexity index is 1240. The van der Waals surface area contributed by atoms with Crippen LogP contribution in [0.2, 0.25) is 0 Å². The normalized spacial score (nSPS) is 15.7. The average molecular weight is 417 g/mol. The molecule has 3 aromatic heterocycles. The number of thiophene rings is 1. The highest BCUT2D eigenvalue weighted by Gasteiger charge is 2.25. The van der Waals surface area contributed by atoms with Crippen molar-refractivity contribution in [2.75, 3.05) is 0 Å². The van der Waals surface area contributed by atoms with Crippen molar-refractivity contribution in [3.05, 3.63) is 64.8 Å². The lowest BCUT2D eigenvalue weighted by atomic mass is 9.89. The molecule has 1 amide bonds. The van der Waals surface area contributed by atoms with E-state index in [1.807, 2.05) is 12.1 Å². The van der Waals surface area contributed by atoms with Crippen molar-refractivity contribution in [2.24, 2.45) is 11.7 Å². The zero-order valence-electron chi connectivity index (χ0n) is 16.5. The molecule has 6 nitrogen and oxygen atoms in total. The van der Waals surface area contributed by atoms with Crippen molar-refractivity contribution >= 4 is 27.5 Å². The molecule has 0 unspecified atom stereocenters. The maximum atomic E-state index is 11.4. The molecular formula is C23H20N4O2S. The number of pyridine rings is 1. The summed E-state index contributed by atoms with van der Waals surface area (Å²) in [5.41, 5.74) is 7.92. The van der Waals surface area contributed by atoms with Crippen molar-refractivity contribution < 1.29 is 9.53 Å². The van der Waals surface area contributed by atoms with E-state index >= 15 is 0 Å². The van der Waals surface area contributed by atoms with Crippen LogP contribution in [0.25, 0.3) is 21.6 Å². The SMILES string of the molecule is C[C@@H]1CCc2c(sc3nc(-c4cccnc4)nc(Oc4ccc(C(N)=O)cc4)c23)C1. The standard InChI is InChI=1S/C23H20N4O2S/c1-13-4-9-17-18(11-13)30-23-19(17)22(26-21(27-23)15-3-2-10-25-12-15)29-16-7-5-14(6-8-16)20(24)28/h2-3,5-8,10,12-13H,4,9,11H2,1H3,(H2,24,28)/t13-/m1/s1. The molecule has 1 aliphatic rings. The second-order valence-corrected chi connectivity index (χ2v) is 8.70. The Hall–Kier alpha value is -3.32. The molecule has 7 heteroatoms. The summed E-state index contributed by atoms with van der Waals surface area (Å²) in [6.07, 6.45) is 6.69. The van der Waals surface area contributed by atoms with E-state index in [4.69, 9.17) is 20.4 Å². The van der Waals surface area contributed by atoms with Crippen molar-refractivity contribution in [3.8, 4) is 23.0 Å². The van der Waals surface area contributed by atoms with E-state index in [1.165, 1.54) is 10.4 Å². The zero-order chi connectivity index (χ0) is 20.7. The fourth-order valence-electron chi connectivity index (χ4n) is 3.81. The van der Waals surface area contributed by atoms with Gasteiger partial charge in [0.15, 0.2) is 5.82 Å². The number of benzene rings is 1. The van der Waals surface area contributed by atoms with Gasteiger partial charge in [0.1, 0.15) is 10.6 Å². The molecule has 0 radical (unpaired) electrons. The van der Waals surface area contributed by atoms with E-state index in [1.54, 1.807) is 48.0 Å². The van der Waals surface area contributed by atoms with E-state index in [0.717, 1.165) is 35.0 Å². The lowest BCUT2D eigenvalue weighted by molar-refractivity contribution is 0.100. The molecule has 150 valence electrons. The summed E-state index contributed by atoms with van der Waals surface area (Å²) in [5.74, 6) is 1.93. The number of fused-ring (bicyclic) bond motifs is 3. The van der Waals surface area contributed by atoms with Crippen molar-refractivity contribution in [3.63, 3.8) is 0 Å². The van der Waals surface area contributed by atoms with Gasteiger partial charge in [0.25, 0.3) is 0 Å². The number of hydrogen-bond donors (Lipinski definition) is 1. The number of aromatic nitrogens is 3. The number of amides is 1. The topological polar surface area (TPSA) is 91.0 Å². The van der Waals surface area contributed by atoms with Crippen LogP contribution in [0.1, 0.15) is 34.1 Å². The summed E-state index contributed by atoms with van der Waals surface area (Å²) in [6, 6.07) is 10.6. The summed E-state index contributed by atoms with van der Waals surface area (Å²) in [6.45, 7) is 2.29. The minimum Gasteiger partial charge on any atom is -0.438 e. The van der Waals surface area contributed by atoms with Gasteiger partial charge < -0.3 is 10.5 Å². The van der Waals surface area contributed by atoms with Crippen molar-refractivity contribution in [2.45, 2.75) is 26.2 Å². The van der Waals surface area contributed by atoms with Crippen LogP contribution in [0.15, 0.2) is 48.8 Å². The van der Waals surface area contributed by atoms with Crippen LogP contribution < -0.4 is 10.5 Å². The van der Waals surface area contributed by atoms with E-state index in [9.17, 15) is 4.79 Å². The van der Waals surface area contributed by atoms with Crippen molar-refractivity contribution in [1.82, 2.24) is 15.0 Å². The fourth-order valence-corrected chi connectivity index (χ4v) is 5.18. The van der Waals surface area contributed by atoms with Gasteiger partial charge in [-0.1, -0.05) is 6.92 Å². The van der Waals surface area contributed by atoms with Crippen LogP contribution in [0.4, 0.5) is 0 Å². The molecule has 0 bridgehead atoms. The first-order valence-corrected chi connectivity index (χ1v) is 10.7. The minimum atomic E-state index is -0.467. The van der Waals surface area contributed by atoms with Gasteiger partial charge in [-0.15, -0.1) is 11.3 Å². The van der Waals surface area contributed by atoms with Crippen molar-refractivity contribution in [1.29, 1.82) is 0 Å². The van der Waals surface area contributed by atoms with Gasteiger partial charge in [-0.05, 0) is 67.1 Å². The number of nitrogens with zero attached hydrogens (tertiary/aromatic N) is 3. The Morgan fingerprint density at radius 2 is 2.03 bits per heavy atom. The smallest absolute Gasteiger partial charge is 0.248 e. The second kappa shape index (κ2) is 7.50. The molecule has 2 N–H and O–H groups in total. The molecule has 0 saturated carbocycles.